The molecule has 0 amide bonds. The summed E-state index contributed by atoms with van der Waals surface area (Å²) in [6.07, 6.45) is 0.980. The lowest BCUT2D eigenvalue weighted by atomic mass is 10.1. The number of halogens is 1. The number of hydrogen-bond donors (Lipinski definition) is 3. The van der Waals surface area contributed by atoms with E-state index in [9.17, 15) is 16.8 Å². The minimum Gasteiger partial charge on any atom is -0.354 e. The second-order valence-electron chi connectivity index (χ2n) is 7.31. The van der Waals surface area contributed by atoms with Crippen molar-refractivity contribution in [3.05, 3.63) is 72.8 Å². The first-order valence-corrected chi connectivity index (χ1v) is 13.3. The summed E-state index contributed by atoms with van der Waals surface area (Å²) in [6, 6.07) is 22.6. The van der Waals surface area contributed by atoms with E-state index >= 15 is 0 Å². The number of nitrogens with zero attached hydrogens (tertiary/aromatic N) is 1. The largest absolute Gasteiger partial charge is 0.354 e. The Balaban J connectivity index is 0.00000306. The number of hydrogen-bond acceptors (Lipinski definition) is 6. The van der Waals surface area contributed by atoms with Crippen LogP contribution in [0.25, 0.3) is 21.8 Å². The van der Waals surface area contributed by atoms with Crippen molar-refractivity contribution < 1.29 is 16.8 Å². The van der Waals surface area contributed by atoms with E-state index in [0.29, 0.717) is 5.69 Å². The van der Waals surface area contributed by atoms with Crippen LogP contribution in [0, 0.1) is 0 Å². The van der Waals surface area contributed by atoms with Crippen molar-refractivity contribution >= 4 is 71.3 Å². The third kappa shape index (κ3) is 6.32. The summed E-state index contributed by atoms with van der Waals surface area (Å²) < 4.78 is 51.2. The lowest BCUT2D eigenvalue weighted by Crippen LogP contribution is -2.30. The monoisotopic (exact) mass is 506 g/mol. The van der Waals surface area contributed by atoms with Gasteiger partial charge in [-0.05, 0) is 36.4 Å². The molecule has 1 heterocycles. The number of aromatic nitrogens is 1. The van der Waals surface area contributed by atoms with E-state index in [1.807, 2.05) is 48.5 Å². The maximum absolute atomic E-state index is 12.2. The molecule has 0 saturated heterocycles. The first-order valence-electron chi connectivity index (χ1n) is 9.80. The summed E-state index contributed by atoms with van der Waals surface area (Å²) in [5, 5.41) is 5.40. The molecular weight excluding hydrogens is 484 g/mol. The minimum absolute atomic E-state index is 0. The topological polar surface area (TPSA) is 117 Å². The molecule has 0 radical (unpaired) electrons. The van der Waals surface area contributed by atoms with Crippen molar-refractivity contribution in [1.29, 1.82) is 0 Å². The zero-order chi connectivity index (χ0) is 22.8. The van der Waals surface area contributed by atoms with E-state index in [0.717, 1.165) is 39.4 Å². The SMILES string of the molecule is CS(=O)(=O)NCCS(=O)(=O)Nc1ccc(Nc2c3ccccc3nc3ccccc23)cc1.Cl. The van der Waals surface area contributed by atoms with Crippen molar-refractivity contribution in [2.24, 2.45) is 0 Å². The molecule has 0 spiro atoms. The van der Waals surface area contributed by atoms with Crippen molar-refractivity contribution in [1.82, 2.24) is 9.71 Å². The molecule has 0 aliphatic heterocycles. The highest BCUT2D eigenvalue weighted by atomic mass is 35.5. The fraction of sp³-hybridized carbons (Fsp3) is 0.136. The van der Waals surface area contributed by atoms with Gasteiger partial charge in [-0.2, -0.15) is 0 Å². The number of para-hydroxylation sites is 2. The molecule has 0 bridgehead atoms. The van der Waals surface area contributed by atoms with E-state index in [4.69, 9.17) is 4.98 Å². The molecule has 174 valence electrons. The molecule has 0 atom stereocenters. The average molecular weight is 507 g/mol. The van der Waals surface area contributed by atoms with Crippen molar-refractivity contribution in [2.45, 2.75) is 0 Å². The standard InChI is InChI=1S/C22H22N4O4S2.ClH/c1-31(27,28)23-14-15-32(29,30)26-17-12-10-16(11-13-17)24-22-18-6-2-4-8-20(18)25-21-9-5-3-7-19(21)22;/h2-13,23,26H,14-15H2,1H3,(H,24,25);1H. The van der Waals surface area contributed by atoms with Crippen molar-refractivity contribution in [3.8, 4) is 0 Å². The molecule has 3 N–H and O–H groups in total. The second-order valence-corrected chi connectivity index (χ2v) is 11.0. The lowest BCUT2D eigenvalue weighted by molar-refractivity contribution is 0.587. The Kier molecular flexibility index (Phi) is 7.43. The van der Waals surface area contributed by atoms with Crippen LogP contribution in [0.3, 0.4) is 0 Å². The minimum atomic E-state index is -3.69. The lowest BCUT2D eigenvalue weighted by Gasteiger charge is -2.14. The molecule has 0 fully saturated rings. The Morgan fingerprint density at radius 2 is 1.27 bits per heavy atom. The second kappa shape index (κ2) is 9.92. The fourth-order valence-electron chi connectivity index (χ4n) is 3.33. The van der Waals surface area contributed by atoms with E-state index in [1.165, 1.54) is 0 Å². The Hall–Kier alpha value is -2.92. The third-order valence-electron chi connectivity index (χ3n) is 4.75. The zero-order valence-corrected chi connectivity index (χ0v) is 20.1. The van der Waals surface area contributed by atoms with Gasteiger partial charge < -0.3 is 5.32 Å². The summed E-state index contributed by atoms with van der Waals surface area (Å²) in [6.45, 7) is -0.198. The number of anilines is 3. The van der Waals surface area contributed by atoms with Crippen LogP contribution in [-0.4, -0.2) is 40.4 Å². The van der Waals surface area contributed by atoms with Crippen LogP contribution >= 0.6 is 12.4 Å². The van der Waals surface area contributed by atoms with Gasteiger partial charge in [0, 0.05) is 28.7 Å². The molecule has 0 unspecified atom stereocenters. The summed E-state index contributed by atoms with van der Waals surface area (Å²) >= 11 is 0. The number of rotatable bonds is 8. The van der Waals surface area contributed by atoms with Gasteiger partial charge in [-0.1, -0.05) is 36.4 Å². The van der Waals surface area contributed by atoms with Crippen LogP contribution in [0.2, 0.25) is 0 Å². The number of sulfonamides is 2. The molecule has 33 heavy (non-hydrogen) atoms. The first-order chi connectivity index (χ1) is 15.2. The normalized spacial score (nSPS) is 11.8. The van der Waals surface area contributed by atoms with E-state index in [1.54, 1.807) is 24.3 Å². The van der Waals surface area contributed by atoms with Gasteiger partial charge >= 0.3 is 0 Å². The van der Waals surface area contributed by atoms with Gasteiger partial charge in [-0.15, -0.1) is 12.4 Å². The van der Waals surface area contributed by atoms with Gasteiger partial charge in [0.25, 0.3) is 0 Å². The molecule has 3 aromatic carbocycles. The molecular formula is C22H23ClN4O4S2. The van der Waals surface area contributed by atoms with Gasteiger partial charge in [-0.3, -0.25) is 4.72 Å². The number of nitrogens with one attached hydrogen (secondary N) is 3. The van der Waals surface area contributed by atoms with Gasteiger partial charge in [0.2, 0.25) is 20.0 Å². The van der Waals surface area contributed by atoms with Gasteiger partial charge in [-0.25, -0.2) is 26.5 Å². The maximum atomic E-state index is 12.2. The van der Waals surface area contributed by atoms with Gasteiger partial charge in [0.15, 0.2) is 0 Å². The summed E-state index contributed by atoms with van der Waals surface area (Å²) in [5.41, 5.74) is 3.85. The number of pyridine rings is 1. The molecule has 1 aromatic heterocycles. The van der Waals surface area contributed by atoms with Crippen LogP contribution in [0.5, 0.6) is 0 Å². The molecule has 11 heteroatoms. The summed E-state index contributed by atoms with van der Waals surface area (Å²) in [7, 11) is -7.13. The van der Waals surface area contributed by atoms with E-state index in [2.05, 4.69) is 14.8 Å². The molecule has 8 nitrogen and oxygen atoms in total. The molecule has 0 aliphatic carbocycles. The highest BCUT2D eigenvalue weighted by molar-refractivity contribution is 7.92. The third-order valence-corrected chi connectivity index (χ3v) is 6.77. The summed E-state index contributed by atoms with van der Waals surface area (Å²) in [5.74, 6) is -0.366. The highest BCUT2D eigenvalue weighted by Gasteiger charge is 2.13. The number of benzene rings is 3. The predicted molar refractivity (Wildman–Crippen MR) is 136 cm³/mol. The van der Waals surface area contributed by atoms with Gasteiger partial charge in [0.05, 0.1) is 28.7 Å². The first kappa shape index (κ1) is 24.7. The zero-order valence-electron chi connectivity index (χ0n) is 17.6. The Labute approximate surface area is 198 Å². The Bertz CT molecular complexity index is 1440. The summed E-state index contributed by atoms with van der Waals surface area (Å²) in [4.78, 5) is 4.71. The molecule has 0 aliphatic rings. The van der Waals surface area contributed by atoms with Crippen molar-refractivity contribution in [2.75, 3.05) is 28.6 Å². The van der Waals surface area contributed by atoms with Crippen LogP contribution in [-0.2, 0) is 20.0 Å². The predicted octanol–water partition coefficient (Wildman–Crippen LogP) is 3.84. The quantitative estimate of drug-likeness (QED) is 0.312. The highest BCUT2D eigenvalue weighted by Crippen LogP contribution is 2.33. The Morgan fingerprint density at radius 3 is 1.82 bits per heavy atom. The van der Waals surface area contributed by atoms with Crippen molar-refractivity contribution in [3.63, 3.8) is 0 Å². The van der Waals surface area contributed by atoms with Gasteiger partial charge in [0.1, 0.15) is 0 Å². The van der Waals surface area contributed by atoms with E-state index < -0.39 is 20.0 Å². The van der Waals surface area contributed by atoms with Crippen LogP contribution in [0.4, 0.5) is 17.1 Å². The van der Waals surface area contributed by atoms with E-state index in [-0.39, 0.29) is 24.7 Å². The Morgan fingerprint density at radius 1 is 0.758 bits per heavy atom. The number of fused-ring (bicyclic) bond motifs is 2. The average Bonchev–Trinajstić information content (AvgIpc) is 2.73. The smallest absolute Gasteiger partial charge is 0.234 e. The van der Waals surface area contributed by atoms with Crippen LogP contribution in [0.15, 0.2) is 72.8 Å². The molecule has 4 aromatic rings. The van der Waals surface area contributed by atoms with Crippen LogP contribution < -0.4 is 14.8 Å². The fourth-order valence-corrected chi connectivity index (χ4v) is 4.90. The maximum Gasteiger partial charge on any atom is 0.234 e. The molecule has 0 saturated carbocycles. The van der Waals surface area contributed by atoms with Crippen LogP contribution in [0.1, 0.15) is 0 Å². The molecule has 4 rings (SSSR count).